The Hall–Kier alpha value is -0.380. The van der Waals surface area contributed by atoms with Gasteiger partial charge in [-0.05, 0) is 30.8 Å². The van der Waals surface area contributed by atoms with E-state index < -0.39 is 0 Å². The number of guanidine groups is 1. The van der Waals surface area contributed by atoms with Crippen molar-refractivity contribution < 1.29 is 4.74 Å². The first-order valence-corrected chi connectivity index (χ1v) is 8.55. The van der Waals surface area contributed by atoms with E-state index in [4.69, 9.17) is 4.74 Å². The number of rotatable bonds is 4. The topological polar surface area (TPSA) is 48.9 Å². The van der Waals surface area contributed by atoms with Gasteiger partial charge in [-0.15, -0.1) is 35.3 Å². The lowest BCUT2D eigenvalue weighted by molar-refractivity contribution is -0.0453. The van der Waals surface area contributed by atoms with Crippen LogP contribution < -0.4 is 10.6 Å². The van der Waals surface area contributed by atoms with E-state index in [-0.39, 0.29) is 30.1 Å². The van der Waals surface area contributed by atoms with Crippen LogP contribution in [0, 0.1) is 0 Å². The van der Waals surface area contributed by atoms with Gasteiger partial charge in [-0.2, -0.15) is 0 Å². The molecule has 0 amide bonds. The number of nitrogens with one attached hydrogen (secondary N) is 2. The molecular weight excluding hydrogens is 411 g/mol. The Labute approximate surface area is 153 Å². The van der Waals surface area contributed by atoms with Crippen molar-refractivity contribution in [2.24, 2.45) is 4.99 Å². The monoisotopic (exact) mass is 436 g/mol. The molecule has 2 saturated heterocycles. The predicted molar refractivity (Wildman–Crippen MR) is 102 cm³/mol. The largest absolute Gasteiger partial charge is 0.373 e. The number of halogens is 1. The van der Waals surface area contributed by atoms with Crippen molar-refractivity contribution in [3.05, 3.63) is 22.4 Å². The number of ether oxygens (including phenoxy) is 1. The molecule has 0 aliphatic carbocycles. The van der Waals surface area contributed by atoms with Gasteiger partial charge in [0.2, 0.25) is 0 Å². The number of nitrogens with zero attached hydrogens (tertiary/aromatic N) is 2. The smallest absolute Gasteiger partial charge is 0.191 e. The number of hydrogen-bond donors (Lipinski definition) is 2. The van der Waals surface area contributed by atoms with E-state index in [1.54, 1.807) is 11.3 Å². The SMILES string of the molecule is CN=C(NCc1cccs1)NCC1CN2CCCC2CO1.I. The molecule has 0 saturated carbocycles. The van der Waals surface area contributed by atoms with Crippen LogP contribution in [0.4, 0.5) is 0 Å². The summed E-state index contributed by atoms with van der Waals surface area (Å²) in [6.45, 7) is 4.79. The van der Waals surface area contributed by atoms with E-state index in [0.29, 0.717) is 6.04 Å². The van der Waals surface area contributed by atoms with Crippen LogP contribution in [0.5, 0.6) is 0 Å². The Balaban J connectivity index is 0.00000176. The molecule has 3 heterocycles. The zero-order valence-corrected chi connectivity index (χ0v) is 16.1. The average molecular weight is 436 g/mol. The predicted octanol–water partition coefficient (Wildman–Crippen LogP) is 1.89. The number of fused-ring (bicyclic) bond motifs is 1. The fourth-order valence-electron chi connectivity index (χ4n) is 3.02. The van der Waals surface area contributed by atoms with Crippen LogP contribution >= 0.6 is 35.3 Å². The van der Waals surface area contributed by atoms with E-state index in [9.17, 15) is 0 Å². The van der Waals surface area contributed by atoms with E-state index in [2.05, 4.69) is 38.0 Å². The van der Waals surface area contributed by atoms with E-state index in [0.717, 1.165) is 32.2 Å². The lowest BCUT2D eigenvalue weighted by atomic mass is 10.2. The summed E-state index contributed by atoms with van der Waals surface area (Å²) in [6.07, 6.45) is 2.88. The summed E-state index contributed by atoms with van der Waals surface area (Å²) < 4.78 is 5.95. The average Bonchev–Trinajstić information content (AvgIpc) is 3.18. The Kier molecular flexibility index (Phi) is 7.39. The molecule has 2 aliphatic heterocycles. The second-order valence-electron chi connectivity index (χ2n) is 5.63. The van der Waals surface area contributed by atoms with Gasteiger partial charge in [0.15, 0.2) is 5.96 Å². The van der Waals surface area contributed by atoms with Crippen molar-refractivity contribution >= 4 is 41.3 Å². The maximum atomic E-state index is 5.95. The minimum Gasteiger partial charge on any atom is -0.373 e. The van der Waals surface area contributed by atoms with Gasteiger partial charge in [-0.1, -0.05) is 6.07 Å². The summed E-state index contributed by atoms with van der Waals surface area (Å²) in [6, 6.07) is 4.86. The van der Waals surface area contributed by atoms with Crippen molar-refractivity contribution in [1.82, 2.24) is 15.5 Å². The molecule has 7 heteroatoms. The van der Waals surface area contributed by atoms with Crippen LogP contribution in [-0.2, 0) is 11.3 Å². The van der Waals surface area contributed by atoms with E-state index >= 15 is 0 Å². The van der Waals surface area contributed by atoms with Crippen LogP contribution in [0.25, 0.3) is 0 Å². The maximum absolute atomic E-state index is 5.95. The first-order valence-electron chi connectivity index (χ1n) is 7.67. The Morgan fingerprint density at radius 1 is 1.50 bits per heavy atom. The fourth-order valence-corrected chi connectivity index (χ4v) is 3.67. The van der Waals surface area contributed by atoms with Gasteiger partial charge in [0.25, 0.3) is 0 Å². The van der Waals surface area contributed by atoms with Gasteiger partial charge in [0, 0.05) is 31.1 Å². The molecule has 1 aromatic rings. The second-order valence-corrected chi connectivity index (χ2v) is 6.66. The lowest BCUT2D eigenvalue weighted by Gasteiger charge is -2.35. The van der Waals surface area contributed by atoms with Gasteiger partial charge < -0.3 is 15.4 Å². The van der Waals surface area contributed by atoms with Crippen LogP contribution in [0.3, 0.4) is 0 Å². The maximum Gasteiger partial charge on any atom is 0.191 e. The van der Waals surface area contributed by atoms with Crippen LogP contribution in [-0.4, -0.2) is 56.3 Å². The van der Waals surface area contributed by atoms with Gasteiger partial charge in [0.05, 0.1) is 19.3 Å². The van der Waals surface area contributed by atoms with Gasteiger partial charge in [0.1, 0.15) is 0 Å². The minimum absolute atomic E-state index is 0. The number of thiophene rings is 1. The lowest BCUT2D eigenvalue weighted by Crippen LogP contribution is -2.51. The van der Waals surface area contributed by atoms with Crippen LogP contribution in [0.2, 0.25) is 0 Å². The Morgan fingerprint density at radius 2 is 2.41 bits per heavy atom. The van der Waals surface area contributed by atoms with E-state index in [1.807, 2.05) is 7.05 Å². The summed E-state index contributed by atoms with van der Waals surface area (Å²) in [5, 5.41) is 8.80. The highest BCUT2D eigenvalue weighted by molar-refractivity contribution is 14.0. The van der Waals surface area contributed by atoms with Crippen molar-refractivity contribution in [3.8, 4) is 0 Å². The number of hydrogen-bond acceptors (Lipinski definition) is 4. The fraction of sp³-hybridized carbons (Fsp3) is 0.667. The second kappa shape index (κ2) is 9.05. The molecule has 3 rings (SSSR count). The van der Waals surface area contributed by atoms with Crippen LogP contribution in [0.1, 0.15) is 17.7 Å². The third-order valence-electron chi connectivity index (χ3n) is 4.19. The molecule has 2 fully saturated rings. The van der Waals surface area contributed by atoms with Gasteiger partial charge >= 0.3 is 0 Å². The summed E-state index contributed by atoms with van der Waals surface area (Å²) >= 11 is 1.76. The summed E-state index contributed by atoms with van der Waals surface area (Å²) in [7, 11) is 1.81. The molecule has 2 unspecified atom stereocenters. The molecule has 0 radical (unpaired) electrons. The summed E-state index contributed by atoms with van der Waals surface area (Å²) in [5.41, 5.74) is 0. The molecule has 22 heavy (non-hydrogen) atoms. The summed E-state index contributed by atoms with van der Waals surface area (Å²) in [4.78, 5) is 8.15. The standard InChI is InChI=1S/C15H24N4OS.HI/c1-16-15(18-9-14-5-3-7-21-14)17-8-13-10-19-6-2-4-12(19)11-20-13;/h3,5,7,12-13H,2,4,6,8-11H2,1H3,(H2,16,17,18);1H. The zero-order valence-electron chi connectivity index (χ0n) is 13.0. The highest BCUT2D eigenvalue weighted by Gasteiger charge is 2.32. The molecule has 0 bridgehead atoms. The van der Waals surface area contributed by atoms with Gasteiger partial charge in [-0.3, -0.25) is 9.89 Å². The molecule has 2 aliphatic rings. The quantitative estimate of drug-likeness (QED) is 0.430. The normalized spacial score (nSPS) is 25.4. The third kappa shape index (κ3) is 4.81. The summed E-state index contributed by atoms with van der Waals surface area (Å²) in [5.74, 6) is 0.843. The molecule has 5 nitrogen and oxygen atoms in total. The third-order valence-corrected chi connectivity index (χ3v) is 5.07. The molecule has 1 aromatic heterocycles. The minimum atomic E-state index is 0. The van der Waals surface area contributed by atoms with Crippen molar-refractivity contribution in [3.63, 3.8) is 0 Å². The van der Waals surface area contributed by atoms with Crippen LogP contribution in [0.15, 0.2) is 22.5 Å². The first kappa shape index (κ1) is 18.0. The van der Waals surface area contributed by atoms with Crippen molar-refractivity contribution in [1.29, 1.82) is 0 Å². The highest BCUT2D eigenvalue weighted by atomic mass is 127. The molecular formula is C15H25IN4OS. The number of morpholine rings is 1. The molecule has 124 valence electrons. The first-order chi connectivity index (χ1) is 10.3. The Bertz CT molecular complexity index is 468. The highest BCUT2D eigenvalue weighted by Crippen LogP contribution is 2.22. The Morgan fingerprint density at radius 3 is 3.18 bits per heavy atom. The molecule has 2 N–H and O–H groups in total. The number of aliphatic imine (C=N–C) groups is 1. The molecule has 0 aromatic carbocycles. The van der Waals surface area contributed by atoms with Crippen molar-refractivity contribution in [2.45, 2.75) is 31.5 Å². The van der Waals surface area contributed by atoms with E-state index in [1.165, 1.54) is 24.3 Å². The molecule has 2 atom stereocenters. The van der Waals surface area contributed by atoms with Crippen molar-refractivity contribution in [2.75, 3.05) is 33.3 Å². The van der Waals surface area contributed by atoms with Gasteiger partial charge in [-0.25, -0.2) is 0 Å². The molecule has 0 spiro atoms. The zero-order chi connectivity index (χ0) is 14.5.